The van der Waals surface area contributed by atoms with E-state index in [2.05, 4.69) is 15.2 Å². The Labute approximate surface area is 152 Å². The lowest BCUT2D eigenvalue weighted by atomic mass is 10.0. The molecule has 26 heavy (non-hydrogen) atoms. The van der Waals surface area contributed by atoms with Crippen LogP contribution in [0, 0.1) is 6.92 Å². The van der Waals surface area contributed by atoms with Crippen LogP contribution in [0.15, 0.2) is 29.1 Å². The smallest absolute Gasteiger partial charge is 0.252 e. The molecule has 0 aliphatic carbocycles. The molecule has 2 fully saturated rings. The van der Waals surface area contributed by atoms with Crippen molar-refractivity contribution in [3.05, 3.63) is 45.7 Å². The van der Waals surface area contributed by atoms with E-state index >= 15 is 0 Å². The van der Waals surface area contributed by atoms with Crippen LogP contribution < -0.4 is 10.9 Å². The zero-order valence-corrected chi connectivity index (χ0v) is 15.1. The van der Waals surface area contributed by atoms with Gasteiger partial charge in [-0.15, -0.1) is 0 Å². The van der Waals surface area contributed by atoms with E-state index in [1.165, 1.54) is 25.3 Å². The number of nitrogens with zero attached hydrogens (tertiary/aromatic N) is 1. The highest BCUT2D eigenvalue weighted by atomic mass is 16.5. The molecule has 2 aliphatic rings. The van der Waals surface area contributed by atoms with Crippen LogP contribution in [0.25, 0.3) is 10.9 Å². The lowest BCUT2D eigenvalue weighted by Gasteiger charge is -2.34. The molecule has 3 heterocycles. The molecular formula is C20H25N3O3. The lowest BCUT2D eigenvalue weighted by Crippen LogP contribution is -2.52. The standard InChI is InChI=1S/C20H25N3O3/c1-13-5-6-16-14(9-13)15(10-19(24)21-16)20(25)22-17-11-26-12-18(17)23-7-3-2-4-8-23/h5-6,9-10,17-18H,2-4,7-8,11-12H2,1H3,(H,21,24)(H,22,25)/t17-,18-/m1/s1. The van der Waals surface area contributed by atoms with Crippen molar-refractivity contribution < 1.29 is 9.53 Å². The summed E-state index contributed by atoms with van der Waals surface area (Å²) in [6.07, 6.45) is 3.68. The van der Waals surface area contributed by atoms with Crippen molar-refractivity contribution in [2.45, 2.75) is 38.3 Å². The van der Waals surface area contributed by atoms with E-state index in [1.54, 1.807) is 0 Å². The van der Waals surface area contributed by atoms with Crippen molar-refractivity contribution in [3.8, 4) is 0 Å². The fourth-order valence-electron chi connectivity index (χ4n) is 4.09. The van der Waals surface area contributed by atoms with E-state index in [-0.39, 0.29) is 23.6 Å². The molecule has 2 N–H and O–H groups in total. The molecule has 1 aromatic carbocycles. The summed E-state index contributed by atoms with van der Waals surface area (Å²) >= 11 is 0. The first kappa shape index (κ1) is 17.2. The van der Waals surface area contributed by atoms with Gasteiger partial charge in [-0.25, -0.2) is 0 Å². The average molecular weight is 355 g/mol. The van der Waals surface area contributed by atoms with Gasteiger partial charge in [-0.2, -0.15) is 0 Å². The number of hydrogen-bond acceptors (Lipinski definition) is 4. The van der Waals surface area contributed by atoms with E-state index in [9.17, 15) is 9.59 Å². The molecule has 138 valence electrons. The average Bonchev–Trinajstić information content (AvgIpc) is 3.10. The second kappa shape index (κ2) is 7.21. The Morgan fingerprint density at radius 1 is 1.19 bits per heavy atom. The van der Waals surface area contributed by atoms with E-state index in [1.807, 2.05) is 25.1 Å². The number of carbonyl (C=O) groups is 1. The predicted octanol–water partition coefficient (Wildman–Crippen LogP) is 1.82. The molecule has 2 atom stereocenters. The number of ether oxygens (including phenoxy) is 1. The lowest BCUT2D eigenvalue weighted by molar-refractivity contribution is 0.0901. The van der Waals surface area contributed by atoms with Crippen LogP contribution in [0.1, 0.15) is 35.2 Å². The number of hydrogen-bond donors (Lipinski definition) is 2. The maximum atomic E-state index is 13.0. The zero-order valence-electron chi connectivity index (χ0n) is 15.1. The summed E-state index contributed by atoms with van der Waals surface area (Å²) in [5.41, 5.74) is 1.90. The molecule has 2 aliphatic heterocycles. The molecule has 6 nitrogen and oxygen atoms in total. The third-order valence-corrected chi connectivity index (χ3v) is 5.47. The molecule has 2 saturated heterocycles. The van der Waals surface area contributed by atoms with Gasteiger partial charge in [-0.3, -0.25) is 14.5 Å². The van der Waals surface area contributed by atoms with Crippen molar-refractivity contribution in [1.29, 1.82) is 0 Å². The van der Waals surface area contributed by atoms with Gasteiger partial charge < -0.3 is 15.0 Å². The summed E-state index contributed by atoms with van der Waals surface area (Å²) in [5.74, 6) is -0.204. The van der Waals surface area contributed by atoms with Crippen molar-refractivity contribution in [2.75, 3.05) is 26.3 Å². The Morgan fingerprint density at radius 3 is 2.81 bits per heavy atom. The van der Waals surface area contributed by atoms with Gasteiger partial charge in [0.1, 0.15) is 0 Å². The van der Waals surface area contributed by atoms with Crippen LogP contribution in [-0.4, -0.2) is 54.2 Å². The number of benzene rings is 1. The minimum Gasteiger partial charge on any atom is -0.378 e. The van der Waals surface area contributed by atoms with Crippen LogP contribution in [0.3, 0.4) is 0 Å². The summed E-state index contributed by atoms with van der Waals surface area (Å²) in [7, 11) is 0. The van der Waals surface area contributed by atoms with Gasteiger partial charge >= 0.3 is 0 Å². The summed E-state index contributed by atoms with van der Waals surface area (Å²) in [4.78, 5) is 30.2. The van der Waals surface area contributed by atoms with Gasteiger partial charge in [-0.1, -0.05) is 18.1 Å². The van der Waals surface area contributed by atoms with Crippen LogP contribution in [0.2, 0.25) is 0 Å². The largest absolute Gasteiger partial charge is 0.378 e. The molecule has 1 amide bonds. The SMILES string of the molecule is Cc1ccc2[nH]c(=O)cc(C(=O)N[C@@H]3COC[C@H]3N3CCCCC3)c2c1. The first-order valence-electron chi connectivity index (χ1n) is 9.38. The first-order chi connectivity index (χ1) is 12.6. The maximum Gasteiger partial charge on any atom is 0.252 e. The quantitative estimate of drug-likeness (QED) is 0.881. The number of likely N-dealkylation sites (tertiary alicyclic amines) is 1. The monoisotopic (exact) mass is 355 g/mol. The van der Waals surface area contributed by atoms with Gasteiger partial charge in [0.05, 0.1) is 30.9 Å². The fourth-order valence-corrected chi connectivity index (χ4v) is 4.09. The molecule has 0 spiro atoms. The van der Waals surface area contributed by atoms with Crippen molar-refractivity contribution in [3.63, 3.8) is 0 Å². The second-order valence-electron chi connectivity index (χ2n) is 7.38. The highest BCUT2D eigenvalue weighted by Crippen LogP contribution is 2.21. The number of pyridine rings is 1. The first-order valence-corrected chi connectivity index (χ1v) is 9.38. The van der Waals surface area contributed by atoms with E-state index in [0.717, 1.165) is 24.0 Å². The number of aromatic nitrogens is 1. The van der Waals surface area contributed by atoms with Gasteiger partial charge in [0.25, 0.3) is 5.91 Å². The summed E-state index contributed by atoms with van der Waals surface area (Å²) < 4.78 is 5.67. The number of amides is 1. The molecular weight excluding hydrogens is 330 g/mol. The summed E-state index contributed by atoms with van der Waals surface area (Å²) in [6.45, 7) is 5.28. The summed E-state index contributed by atoms with van der Waals surface area (Å²) in [5, 5.41) is 3.90. The molecule has 1 aromatic heterocycles. The van der Waals surface area contributed by atoms with Crippen molar-refractivity contribution in [1.82, 2.24) is 15.2 Å². The van der Waals surface area contributed by atoms with Crippen molar-refractivity contribution in [2.24, 2.45) is 0 Å². The number of piperidine rings is 1. The third kappa shape index (κ3) is 3.39. The Kier molecular flexibility index (Phi) is 4.78. The van der Waals surface area contributed by atoms with Crippen LogP contribution >= 0.6 is 0 Å². The Balaban J connectivity index is 1.59. The van der Waals surface area contributed by atoms with Crippen LogP contribution in [-0.2, 0) is 4.74 Å². The number of aromatic amines is 1. The Hall–Kier alpha value is -2.18. The Morgan fingerprint density at radius 2 is 2.00 bits per heavy atom. The highest BCUT2D eigenvalue weighted by molar-refractivity contribution is 6.06. The van der Waals surface area contributed by atoms with Crippen LogP contribution in [0.4, 0.5) is 0 Å². The molecule has 6 heteroatoms. The summed E-state index contributed by atoms with van der Waals surface area (Å²) in [6, 6.07) is 7.28. The molecule has 2 aromatic rings. The number of aryl methyl sites for hydroxylation is 1. The number of fused-ring (bicyclic) bond motifs is 1. The second-order valence-corrected chi connectivity index (χ2v) is 7.38. The van der Waals surface area contributed by atoms with Gasteiger partial charge in [0.2, 0.25) is 5.56 Å². The van der Waals surface area contributed by atoms with Gasteiger partial charge in [0.15, 0.2) is 0 Å². The van der Waals surface area contributed by atoms with Gasteiger partial charge in [-0.05, 0) is 45.0 Å². The van der Waals surface area contributed by atoms with Crippen molar-refractivity contribution >= 4 is 16.8 Å². The van der Waals surface area contributed by atoms with E-state index < -0.39 is 0 Å². The number of carbonyl (C=O) groups excluding carboxylic acids is 1. The topological polar surface area (TPSA) is 74.4 Å². The molecule has 0 saturated carbocycles. The molecule has 0 unspecified atom stereocenters. The minimum atomic E-state index is -0.262. The van der Waals surface area contributed by atoms with E-state index in [4.69, 9.17) is 4.74 Å². The molecule has 4 rings (SSSR count). The zero-order chi connectivity index (χ0) is 18.1. The number of rotatable bonds is 3. The molecule has 0 bridgehead atoms. The Bertz CT molecular complexity index is 870. The highest BCUT2D eigenvalue weighted by Gasteiger charge is 2.35. The maximum absolute atomic E-state index is 13.0. The molecule has 0 radical (unpaired) electrons. The minimum absolute atomic E-state index is 0.0419. The normalized spacial score (nSPS) is 24.0. The predicted molar refractivity (Wildman–Crippen MR) is 101 cm³/mol. The number of H-pyrrole nitrogens is 1. The number of nitrogens with one attached hydrogen (secondary N) is 2. The van der Waals surface area contributed by atoms with Gasteiger partial charge in [0, 0.05) is 17.0 Å². The third-order valence-electron chi connectivity index (χ3n) is 5.47. The fraction of sp³-hybridized carbons (Fsp3) is 0.500. The van der Waals surface area contributed by atoms with Crippen LogP contribution in [0.5, 0.6) is 0 Å². The van der Waals surface area contributed by atoms with E-state index in [0.29, 0.717) is 24.3 Å².